The summed E-state index contributed by atoms with van der Waals surface area (Å²) in [6, 6.07) is 6.79. The molecule has 5 heteroatoms. The average molecular weight is 277 g/mol. The van der Waals surface area contributed by atoms with Gasteiger partial charge in [0.2, 0.25) is 5.91 Å². The van der Waals surface area contributed by atoms with E-state index < -0.39 is 23.2 Å². The molecule has 0 bridgehead atoms. The molecular weight excluding hydrogens is 258 g/mol. The minimum atomic E-state index is -0.909. The van der Waals surface area contributed by atoms with E-state index in [0.29, 0.717) is 13.0 Å². The second kappa shape index (κ2) is 5.15. The molecule has 0 heterocycles. The predicted octanol–water partition coefficient (Wildman–Crippen LogP) is 1.41. The summed E-state index contributed by atoms with van der Waals surface area (Å²) in [5.41, 5.74) is 0.544. The van der Waals surface area contributed by atoms with Crippen LogP contribution in [0.1, 0.15) is 19.4 Å². The molecule has 1 fully saturated rings. The van der Waals surface area contributed by atoms with Crippen LogP contribution in [0, 0.1) is 17.3 Å². The Morgan fingerprint density at radius 3 is 2.30 bits per heavy atom. The smallest absolute Gasteiger partial charge is 0.307 e. The quantitative estimate of drug-likeness (QED) is 0.759. The lowest BCUT2D eigenvalue weighted by atomic mass is 10.1. The number of carbonyl (C=O) groups excluding carboxylic acids is 1. The van der Waals surface area contributed by atoms with Gasteiger partial charge in [0.25, 0.3) is 0 Å². The maximum absolute atomic E-state index is 12.0. The number of nitrogens with one attached hydrogen (secondary N) is 1. The van der Waals surface area contributed by atoms with Gasteiger partial charge in [0, 0.05) is 6.54 Å². The molecule has 108 valence electrons. The van der Waals surface area contributed by atoms with Gasteiger partial charge in [-0.3, -0.25) is 9.59 Å². The minimum Gasteiger partial charge on any atom is -0.508 e. The van der Waals surface area contributed by atoms with Crippen LogP contribution in [0.15, 0.2) is 24.3 Å². The molecule has 0 unspecified atom stereocenters. The third-order valence-corrected chi connectivity index (χ3v) is 4.03. The summed E-state index contributed by atoms with van der Waals surface area (Å²) in [7, 11) is 0. The highest BCUT2D eigenvalue weighted by molar-refractivity contribution is 5.91. The van der Waals surface area contributed by atoms with Crippen molar-refractivity contribution in [3.05, 3.63) is 29.8 Å². The Hall–Kier alpha value is -2.04. The third kappa shape index (κ3) is 2.76. The number of carboxylic acid groups (broad SMARTS) is 1. The Bertz CT molecular complexity index is 521. The van der Waals surface area contributed by atoms with Crippen molar-refractivity contribution in [2.75, 3.05) is 6.54 Å². The summed E-state index contributed by atoms with van der Waals surface area (Å²) >= 11 is 0. The highest BCUT2D eigenvalue weighted by atomic mass is 16.4. The molecule has 0 radical (unpaired) electrons. The SMILES string of the molecule is CC1(C)[C@@H](C(=O)O)[C@@H]1C(=O)NCCc1ccc(O)cc1. The Labute approximate surface area is 117 Å². The van der Waals surface area contributed by atoms with Gasteiger partial charge >= 0.3 is 5.97 Å². The van der Waals surface area contributed by atoms with E-state index in [1.54, 1.807) is 38.1 Å². The van der Waals surface area contributed by atoms with Crippen molar-refractivity contribution in [1.82, 2.24) is 5.32 Å². The molecule has 20 heavy (non-hydrogen) atoms. The van der Waals surface area contributed by atoms with E-state index >= 15 is 0 Å². The summed E-state index contributed by atoms with van der Waals surface area (Å²) in [5.74, 6) is -1.92. The zero-order valence-corrected chi connectivity index (χ0v) is 11.6. The topological polar surface area (TPSA) is 86.6 Å². The molecule has 1 aromatic rings. The standard InChI is InChI=1S/C15H19NO4/c1-15(2)11(12(15)14(19)20)13(18)16-8-7-9-3-5-10(17)6-4-9/h3-6,11-12,17H,7-8H2,1-2H3,(H,16,18)(H,19,20)/t11-,12-/m1/s1. The Morgan fingerprint density at radius 2 is 1.80 bits per heavy atom. The Kier molecular flexibility index (Phi) is 3.70. The first-order valence-corrected chi connectivity index (χ1v) is 6.62. The zero-order chi connectivity index (χ0) is 14.9. The van der Waals surface area contributed by atoms with Crippen molar-refractivity contribution >= 4 is 11.9 Å². The van der Waals surface area contributed by atoms with Crippen LogP contribution in [0.4, 0.5) is 0 Å². The highest BCUT2D eigenvalue weighted by Gasteiger charge is 2.65. The van der Waals surface area contributed by atoms with Crippen LogP contribution in [-0.4, -0.2) is 28.6 Å². The third-order valence-electron chi connectivity index (χ3n) is 4.03. The molecule has 1 amide bonds. The van der Waals surface area contributed by atoms with Crippen molar-refractivity contribution < 1.29 is 19.8 Å². The molecule has 1 aliphatic rings. The lowest BCUT2D eigenvalue weighted by Crippen LogP contribution is -2.29. The molecule has 0 saturated heterocycles. The van der Waals surface area contributed by atoms with E-state index in [-0.39, 0.29) is 11.7 Å². The van der Waals surface area contributed by atoms with Crippen molar-refractivity contribution in [3.63, 3.8) is 0 Å². The van der Waals surface area contributed by atoms with Crippen LogP contribution in [0.2, 0.25) is 0 Å². The fourth-order valence-electron chi connectivity index (χ4n) is 2.69. The Morgan fingerprint density at radius 1 is 1.20 bits per heavy atom. The van der Waals surface area contributed by atoms with Gasteiger partial charge in [0.1, 0.15) is 5.75 Å². The molecule has 0 aromatic heterocycles. The number of aromatic hydroxyl groups is 1. The summed E-state index contributed by atoms with van der Waals surface area (Å²) < 4.78 is 0. The van der Waals surface area contributed by atoms with Crippen LogP contribution in [-0.2, 0) is 16.0 Å². The number of aliphatic carboxylic acids is 1. The van der Waals surface area contributed by atoms with Crippen LogP contribution >= 0.6 is 0 Å². The molecule has 1 aromatic carbocycles. The molecule has 3 N–H and O–H groups in total. The van der Waals surface area contributed by atoms with Crippen LogP contribution in [0.25, 0.3) is 0 Å². The van der Waals surface area contributed by atoms with Crippen LogP contribution in [0.5, 0.6) is 5.75 Å². The van der Waals surface area contributed by atoms with Crippen molar-refractivity contribution in [3.8, 4) is 5.75 Å². The molecule has 0 spiro atoms. The summed E-state index contributed by atoms with van der Waals surface area (Å²) in [5, 5.41) is 21.0. The number of phenols is 1. The minimum absolute atomic E-state index is 0.193. The van der Waals surface area contributed by atoms with Crippen LogP contribution < -0.4 is 5.32 Å². The number of carbonyl (C=O) groups is 2. The lowest BCUT2D eigenvalue weighted by Gasteiger charge is -2.06. The monoisotopic (exact) mass is 277 g/mol. The second-order valence-corrected chi connectivity index (χ2v) is 5.82. The van der Waals surface area contributed by atoms with E-state index in [2.05, 4.69) is 5.32 Å². The van der Waals surface area contributed by atoms with E-state index in [9.17, 15) is 9.59 Å². The molecule has 5 nitrogen and oxygen atoms in total. The number of carboxylic acids is 1. The Balaban J connectivity index is 1.82. The second-order valence-electron chi connectivity index (χ2n) is 5.82. The number of benzene rings is 1. The van der Waals surface area contributed by atoms with Gasteiger partial charge in [-0.1, -0.05) is 26.0 Å². The predicted molar refractivity (Wildman–Crippen MR) is 73.2 cm³/mol. The van der Waals surface area contributed by atoms with E-state index in [1.165, 1.54) is 0 Å². The maximum Gasteiger partial charge on any atom is 0.307 e. The van der Waals surface area contributed by atoms with Gasteiger partial charge in [-0.15, -0.1) is 0 Å². The lowest BCUT2D eigenvalue weighted by molar-refractivity contribution is -0.140. The fourth-order valence-corrected chi connectivity index (χ4v) is 2.69. The largest absolute Gasteiger partial charge is 0.508 e. The first kappa shape index (κ1) is 14.4. The van der Waals surface area contributed by atoms with Gasteiger partial charge in [0.15, 0.2) is 0 Å². The van der Waals surface area contributed by atoms with E-state index in [4.69, 9.17) is 10.2 Å². The van der Waals surface area contributed by atoms with E-state index in [0.717, 1.165) is 5.56 Å². The maximum atomic E-state index is 12.0. The van der Waals surface area contributed by atoms with Crippen molar-refractivity contribution in [1.29, 1.82) is 0 Å². The van der Waals surface area contributed by atoms with Gasteiger partial charge in [-0.05, 0) is 29.5 Å². The molecule has 2 rings (SSSR count). The molecule has 2 atom stereocenters. The normalized spacial score (nSPS) is 23.1. The van der Waals surface area contributed by atoms with Gasteiger partial charge < -0.3 is 15.5 Å². The van der Waals surface area contributed by atoms with E-state index in [1.807, 2.05) is 0 Å². The summed E-state index contributed by atoms with van der Waals surface area (Å²) in [4.78, 5) is 23.0. The number of hydrogen-bond donors (Lipinski definition) is 3. The summed E-state index contributed by atoms with van der Waals surface area (Å²) in [6.45, 7) is 4.06. The van der Waals surface area contributed by atoms with Gasteiger partial charge in [-0.25, -0.2) is 0 Å². The highest BCUT2D eigenvalue weighted by Crippen LogP contribution is 2.58. The molecular formula is C15H19NO4. The van der Waals surface area contributed by atoms with Gasteiger partial charge in [-0.2, -0.15) is 0 Å². The number of rotatable bonds is 5. The molecule has 1 saturated carbocycles. The number of phenolic OH excluding ortho intramolecular Hbond substituents is 1. The van der Waals surface area contributed by atoms with Crippen molar-refractivity contribution in [2.45, 2.75) is 20.3 Å². The summed E-state index contributed by atoms with van der Waals surface area (Å²) in [6.07, 6.45) is 0.650. The first-order chi connectivity index (χ1) is 9.34. The van der Waals surface area contributed by atoms with Gasteiger partial charge in [0.05, 0.1) is 11.8 Å². The number of amides is 1. The first-order valence-electron chi connectivity index (χ1n) is 6.62. The van der Waals surface area contributed by atoms with Crippen LogP contribution in [0.3, 0.4) is 0 Å². The molecule has 0 aliphatic heterocycles. The average Bonchev–Trinajstić information content (AvgIpc) is 2.95. The molecule has 1 aliphatic carbocycles. The fraction of sp³-hybridized carbons (Fsp3) is 0.467. The number of hydrogen-bond acceptors (Lipinski definition) is 3. The zero-order valence-electron chi connectivity index (χ0n) is 11.6. The van der Waals surface area contributed by atoms with Crippen molar-refractivity contribution in [2.24, 2.45) is 17.3 Å².